The summed E-state index contributed by atoms with van der Waals surface area (Å²) < 4.78 is 44.3. The summed E-state index contributed by atoms with van der Waals surface area (Å²) in [6, 6.07) is -0.181. The molecule has 1 aromatic rings. The van der Waals surface area contributed by atoms with Crippen molar-refractivity contribution in [2.45, 2.75) is 37.9 Å². The van der Waals surface area contributed by atoms with Gasteiger partial charge in [0.05, 0.1) is 13.2 Å². The van der Waals surface area contributed by atoms with E-state index in [4.69, 9.17) is 5.73 Å². The van der Waals surface area contributed by atoms with Crippen molar-refractivity contribution in [3.8, 4) is 0 Å². The Morgan fingerprint density at radius 2 is 2.00 bits per heavy atom. The van der Waals surface area contributed by atoms with Crippen LogP contribution in [0.4, 0.5) is 19.0 Å². The first-order valence-electron chi connectivity index (χ1n) is 5.89. The van der Waals surface area contributed by atoms with E-state index in [1.165, 1.54) is 0 Å². The van der Waals surface area contributed by atoms with Crippen LogP contribution >= 0.6 is 0 Å². The highest BCUT2D eigenvalue weighted by Crippen LogP contribution is 2.40. The summed E-state index contributed by atoms with van der Waals surface area (Å²) in [5.74, 6) is -1.64. The average molecular weight is 277 g/mol. The van der Waals surface area contributed by atoms with Gasteiger partial charge in [0.1, 0.15) is 11.4 Å². The molecule has 0 unspecified atom stereocenters. The summed E-state index contributed by atoms with van der Waals surface area (Å²) in [6.45, 7) is 0. The number of alkyl halides is 3. The number of hydrogen-bond acceptors (Lipinski definition) is 4. The van der Waals surface area contributed by atoms with E-state index in [2.05, 4.69) is 9.84 Å². The number of halogens is 3. The second-order valence-corrected chi connectivity index (χ2v) is 4.48. The molecule has 1 fully saturated rings. The quantitative estimate of drug-likeness (QED) is 0.843. The van der Waals surface area contributed by atoms with Crippen LogP contribution in [0.2, 0.25) is 0 Å². The van der Waals surface area contributed by atoms with Gasteiger partial charge in [-0.05, 0) is 12.8 Å². The Morgan fingerprint density at radius 1 is 1.42 bits per heavy atom. The van der Waals surface area contributed by atoms with Gasteiger partial charge in [0.15, 0.2) is 5.69 Å². The number of hydrogen-bond donors (Lipinski definition) is 1. The molecule has 19 heavy (non-hydrogen) atoms. The molecule has 0 atom stereocenters. The fraction of sp³-hybridized carbons (Fsp3) is 0.636. The lowest BCUT2D eigenvalue weighted by Crippen LogP contribution is -2.14. The normalized spacial score (nSPS) is 16.8. The molecule has 1 aliphatic rings. The van der Waals surface area contributed by atoms with Crippen molar-refractivity contribution in [3.63, 3.8) is 0 Å². The van der Waals surface area contributed by atoms with Gasteiger partial charge < -0.3 is 10.5 Å². The van der Waals surface area contributed by atoms with E-state index in [9.17, 15) is 18.0 Å². The van der Waals surface area contributed by atoms with E-state index in [1.54, 1.807) is 0 Å². The summed E-state index contributed by atoms with van der Waals surface area (Å²) >= 11 is 0. The van der Waals surface area contributed by atoms with Crippen molar-refractivity contribution in [1.82, 2.24) is 9.78 Å². The van der Waals surface area contributed by atoms with E-state index in [0.29, 0.717) is 12.8 Å². The highest BCUT2D eigenvalue weighted by atomic mass is 19.4. The van der Waals surface area contributed by atoms with Gasteiger partial charge in [-0.25, -0.2) is 9.48 Å². The number of nitrogens with two attached hydrogens (primary N) is 1. The lowest BCUT2D eigenvalue weighted by molar-refractivity contribution is -0.137. The predicted octanol–water partition coefficient (Wildman–Crippen LogP) is 2.39. The molecule has 1 saturated carbocycles. The summed E-state index contributed by atoms with van der Waals surface area (Å²) in [6.07, 6.45) is -1.48. The van der Waals surface area contributed by atoms with Crippen molar-refractivity contribution in [2.24, 2.45) is 0 Å². The second kappa shape index (κ2) is 4.75. The zero-order valence-electron chi connectivity index (χ0n) is 10.3. The van der Waals surface area contributed by atoms with Gasteiger partial charge in [-0.3, -0.25) is 0 Å². The SMILES string of the molecule is COC(=O)c1nn(C2CCCC2)c(N)c1C(F)(F)F. The summed E-state index contributed by atoms with van der Waals surface area (Å²) in [5, 5.41) is 3.73. The van der Waals surface area contributed by atoms with Crippen LogP contribution in [-0.2, 0) is 10.9 Å². The van der Waals surface area contributed by atoms with Crippen LogP contribution in [0.15, 0.2) is 0 Å². The van der Waals surface area contributed by atoms with Crippen LogP contribution in [0.1, 0.15) is 47.8 Å². The Hall–Kier alpha value is -1.73. The number of methoxy groups -OCH3 is 1. The minimum absolute atomic E-state index is 0.181. The third-order valence-corrected chi connectivity index (χ3v) is 3.28. The largest absolute Gasteiger partial charge is 0.464 e. The average Bonchev–Trinajstić information content (AvgIpc) is 2.93. The molecule has 0 saturated heterocycles. The Balaban J connectivity index is 2.53. The molecule has 2 rings (SSSR count). The predicted molar refractivity (Wildman–Crippen MR) is 60.5 cm³/mol. The number of esters is 1. The molecule has 5 nitrogen and oxygen atoms in total. The van der Waals surface area contributed by atoms with Gasteiger partial charge in [0, 0.05) is 0 Å². The van der Waals surface area contributed by atoms with Crippen molar-refractivity contribution in [1.29, 1.82) is 0 Å². The Bertz CT molecular complexity index is 490. The molecule has 2 N–H and O–H groups in total. The van der Waals surface area contributed by atoms with E-state index in [-0.39, 0.29) is 6.04 Å². The molecule has 1 aromatic heterocycles. The highest BCUT2D eigenvalue weighted by molar-refractivity contribution is 5.90. The van der Waals surface area contributed by atoms with Crippen LogP contribution in [-0.4, -0.2) is 22.9 Å². The smallest absolute Gasteiger partial charge is 0.422 e. The molecular weight excluding hydrogens is 263 g/mol. The van der Waals surface area contributed by atoms with E-state index < -0.39 is 29.2 Å². The van der Waals surface area contributed by atoms with Gasteiger partial charge in [-0.2, -0.15) is 18.3 Å². The fourth-order valence-electron chi connectivity index (χ4n) is 2.39. The fourth-order valence-corrected chi connectivity index (χ4v) is 2.39. The molecule has 0 bridgehead atoms. The monoisotopic (exact) mass is 277 g/mol. The number of ether oxygens (including phenoxy) is 1. The zero-order chi connectivity index (χ0) is 14.2. The lowest BCUT2D eigenvalue weighted by atomic mass is 10.2. The lowest BCUT2D eigenvalue weighted by Gasteiger charge is -2.12. The summed E-state index contributed by atoms with van der Waals surface area (Å²) in [5.41, 5.74) is 3.57. The van der Waals surface area contributed by atoms with Crippen LogP contribution in [0.25, 0.3) is 0 Å². The van der Waals surface area contributed by atoms with Gasteiger partial charge in [0.2, 0.25) is 0 Å². The maximum Gasteiger partial charge on any atom is 0.422 e. The first-order valence-corrected chi connectivity index (χ1v) is 5.89. The third-order valence-electron chi connectivity index (χ3n) is 3.28. The second-order valence-electron chi connectivity index (χ2n) is 4.48. The van der Waals surface area contributed by atoms with Crippen molar-refractivity contribution >= 4 is 11.8 Å². The molecule has 1 heterocycles. The number of anilines is 1. The molecule has 1 aliphatic carbocycles. The number of nitrogens with zero attached hydrogens (tertiary/aromatic N) is 2. The van der Waals surface area contributed by atoms with Gasteiger partial charge >= 0.3 is 12.1 Å². The summed E-state index contributed by atoms with van der Waals surface area (Å²) in [7, 11) is 1.01. The number of nitrogen functional groups attached to an aromatic ring is 1. The van der Waals surface area contributed by atoms with Crippen molar-refractivity contribution in [3.05, 3.63) is 11.3 Å². The van der Waals surface area contributed by atoms with Crippen LogP contribution < -0.4 is 5.73 Å². The third kappa shape index (κ3) is 2.39. The Labute approximate surface area is 107 Å². The number of rotatable bonds is 2. The van der Waals surface area contributed by atoms with Crippen LogP contribution in [0, 0.1) is 0 Å². The maximum atomic E-state index is 13.0. The van der Waals surface area contributed by atoms with Crippen LogP contribution in [0.5, 0.6) is 0 Å². The number of aromatic nitrogens is 2. The molecule has 0 aliphatic heterocycles. The van der Waals surface area contributed by atoms with Gasteiger partial charge in [-0.1, -0.05) is 12.8 Å². The molecule has 106 valence electrons. The van der Waals surface area contributed by atoms with Gasteiger partial charge in [0.25, 0.3) is 0 Å². The Kier molecular flexibility index (Phi) is 3.42. The number of carbonyl (C=O) groups is 1. The molecule has 0 aromatic carbocycles. The summed E-state index contributed by atoms with van der Waals surface area (Å²) in [4.78, 5) is 11.4. The molecule has 0 spiro atoms. The van der Waals surface area contributed by atoms with Crippen molar-refractivity contribution in [2.75, 3.05) is 12.8 Å². The number of carbonyl (C=O) groups excluding carboxylic acids is 1. The first-order chi connectivity index (χ1) is 8.86. The van der Waals surface area contributed by atoms with Crippen LogP contribution in [0.3, 0.4) is 0 Å². The van der Waals surface area contributed by atoms with E-state index in [1.807, 2.05) is 0 Å². The van der Waals surface area contributed by atoms with E-state index >= 15 is 0 Å². The maximum absolute atomic E-state index is 13.0. The topological polar surface area (TPSA) is 70.1 Å². The minimum Gasteiger partial charge on any atom is -0.464 e. The minimum atomic E-state index is -4.73. The molecule has 8 heteroatoms. The van der Waals surface area contributed by atoms with E-state index in [0.717, 1.165) is 24.6 Å². The molecular formula is C11H14F3N3O2. The standard InChI is InChI=1S/C11H14F3N3O2/c1-19-10(18)8-7(11(12,13)14)9(15)17(16-8)6-4-2-3-5-6/h6H,2-5,15H2,1H3. The highest BCUT2D eigenvalue weighted by Gasteiger charge is 2.43. The molecule has 0 radical (unpaired) electrons. The van der Waals surface area contributed by atoms with Crippen molar-refractivity contribution < 1.29 is 22.7 Å². The molecule has 0 amide bonds. The first kappa shape index (κ1) is 13.7. The zero-order valence-corrected chi connectivity index (χ0v) is 10.3. The Morgan fingerprint density at radius 3 is 2.47 bits per heavy atom. The van der Waals surface area contributed by atoms with Gasteiger partial charge in [-0.15, -0.1) is 0 Å².